The molecule has 0 unspecified atom stereocenters. The van der Waals surface area contributed by atoms with Gasteiger partial charge in [0.15, 0.2) is 11.5 Å². The molecule has 2 aromatic rings. The van der Waals surface area contributed by atoms with E-state index in [4.69, 9.17) is 15.2 Å². The van der Waals surface area contributed by atoms with Crippen molar-refractivity contribution in [2.45, 2.75) is 18.9 Å². The van der Waals surface area contributed by atoms with Gasteiger partial charge in [-0.3, -0.25) is 14.9 Å². The largest absolute Gasteiger partial charge is 0.493 e. The molecule has 1 saturated heterocycles. The summed E-state index contributed by atoms with van der Waals surface area (Å²) in [5.74, 6) is 0.0446. The minimum absolute atomic E-state index is 0. The van der Waals surface area contributed by atoms with E-state index in [1.54, 1.807) is 11.8 Å². The van der Waals surface area contributed by atoms with Crippen molar-refractivity contribution in [2.75, 3.05) is 26.8 Å². The average Bonchev–Trinajstić information content (AvgIpc) is 3.09. The van der Waals surface area contributed by atoms with E-state index in [-0.39, 0.29) is 47.1 Å². The van der Waals surface area contributed by atoms with Crippen LogP contribution in [-0.4, -0.2) is 48.6 Å². The Hall–Kier alpha value is -2.84. The zero-order valence-electron chi connectivity index (χ0n) is 16.2. The number of nitro benzene ring substituents is 1. The van der Waals surface area contributed by atoms with Gasteiger partial charge >= 0.3 is 0 Å². The first kappa shape index (κ1) is 22.4. The highest BCUT2D eigenvalue weighted by Crippen LogP contribution is 2.36. The minimum Gasteiger partial charge on any atom is -0.493 e. The third kappa shape index (κ3) is 4.60. The number of carbonyl (C=O) groups excluding carboxylic acids is 1. The normalized spacial score (nSPS) is 18.1. The molecule has 0 spiro atoms. The topological polar surface area (TPSA) is 108 Å². The summed E-state index contributed by atoms with van der Waals surface area (Å²) in [7, 11) is 1.43. The molecule has 29 heavy (non-hydrogen) atoms. The van der Waals surface area contributed by atoms with Gasteiger partial charge in [-0.1, -0.05) is 30.3 Å². The van der Waals surface area contributed by atoms with Crippen molar-refractivity contribution >= 4 is 24.0 Å². The number of amides is 1. The Balaban J connectivity index is 0.00000300. The summed E-state index contributed by atoms with van der Waals surface area (Å²) in [6.45, 7) is 2.81. The van der Waals surface area contributed by atoms with E-state index >= 15 is 0 Å². The number of nitrogens with two attached hydrogens (primary N) is 1. The Morgan fingerprint density at radius 1 is 1.24 bits per heavy atom. The molecule has 2 atom stereocenters. The third-order valence-corrected chi connectivity index (χ3v) is 4.89. The molecule has 0 saturated carbocycles. The third-order valence-electron chi connectivity index (χ3n) is 4.89. The molecular weight excluding hydrogens is 398 g/mol. The lowest BCUT2D eigenvalue weighted by Crippen LogP contribution is -2.32. The second-order valence-electron chi connectivity index (χ2n) is 6.60. The van der Waals surface area contributed by atoms with Gasteiger partial charge in [0.25, 0.3) is 11.6 Å². The SMILES string of the molecule is CCOc1cc([N+](=O)[O-])c(C(=O)N2C[C@@H](N)[C@H](c3ccccc3)C2)cc1OC.Cl. The molecule has 1 aliphatic rings. The van der Waals surface area contributed by atoms with Crippen LogP contribution in [0.25, 0.3) is 0 Å². The fourth-order valence-electron chi connectivity index (χ4n) is 3.52. The van der Waals surface area contributed by atoms with Crippen molar-refractivity contribution in [3.8, 4) is 11.5 Å². The first-order valence-corrected chi connectivity index (χ1v) is 9.05. The van der Waals surface area contributed by atoms with Crippen LogP contribution in [0.15, 0.2) is 42.5 Å². The minimum atomic E-state index is -0.583. The number of halogens is 1. The van der Waals surface area contributed by atoms with Crippen LogP contribution >= 0.6 is 12.4 Å². The van der Waals surface area contributed by atoms with Crippen LogP contribution in [0.3, 0.4) is 0 Å². The summed E-state index contributed by atoms with van der Waals surface area (Å²) in [6.07, 6.45) is 0. The molecule has 0 aliphatic carbocycles. The van der Waals surface area contributed by atoms with Gasteiger partial charge in [-0.05, 0) is 12.5 Å². The standard InChI is InChI=1S/C20H23N3O5.ClH/c1-3-28-19-10-17(23(25)26)14(9-18(19)27-2)20(24)22-11-15(16(21)12-22)13-7-5-4-6-8-13;/h4-10,15-16H,3,11-12,21H2,1-2H3;1H/t15-,16+;/m0./s1. The molecule has 2 aromatic carbocycles. The van der Waals surface area contributed by atoms with Crippen LogP contribution in [0, 0.1) is 10.1 Å². The number of likely N-dealkylation sites (tertiary alicyclic amines) is 1. The number of hydrogen-bond donors (Lipinski definition) is 1. The quantitative estimate of drug-likeness (QED) is 0.567. The highest BCUT2D eigenvalue weighted by molar-refractivity contribution is 5.99. The van der Waals surface area contributed by atoms with Gasteiger partial charge < -0.3 is 20.1 Å². The van der Waals surface area contributed by atoms with E-state index < -0.39 is 10.8 Å². The van der Waals surface area contributed by atoms with Gasteiger partial charge in [-0.15, -0.1) is 12.4 Å². The molecule has 0 bridgehead atoms. The van der Waals surface area contributed by atoms with Crippen LogP contribution in [0.2, 0.25) is 0 Å². The van der Waals surface area contributed by atoms with E-state index in [1.165, 1.54) is 19.2 Å². The Labute approximate surface area is 175 Å². The van der Waals surface area contributed by atoms with Gasteiger partial charge in [-0.2, -0.15) is 0 Å². The monoisotopic (exact) mass is 421 g/mol. The number of hydrogen-bond acceptors (Lipinski definition) is 6. The van der Waals surface area contributed by atoms with Crippen molar-refractivity contribution in [2.24, 2.45) is 5.73 Å². The van der Waals surface area contributed by atoms with Crippen LogP contribution in [0.1, 0.15) is 28.8 Å². The van der Waals surface area contributed by atoms with E-state index in [9.17, 15) is 14.9 Å². The molecule has 9 heteroatoms. The second kappa shape index (κ2) is 9.58. The number of ether oxygens (including phenoxy) is 2. The molecule has 1 heterocycles. The number of nitrogens with zero attached hydrogens (tertiary/aromatic N) is 2. The molecule has 0 aromatic heterocycles. The summed E-state index contributed by atoms with van der Waals surface area (Å²) < 4.78 is 10.7. The van der Waals surface area contributed by atoms with Gasteiger partial charge in [0.05, 0.1) is 24.7 Å². The molecular formula is C20H24ClN3O5. The predicted molar refractivity (Wildman–Crippen MR) is 111 cm³/mol. The smallest absolute Gasteiger partial charge is 0.286 e. The number of benzene rings is 2. The molecule has 8 nitrogen and oxygen atoms in total. The maximum absolute atomic E-state index is 13.1. The van der Waals surface area contributed by atoms with Gasteiger partial charge in [0, 0.05) is 31.1 Å². The van der Waals surface area contributed by atoms with E-state index in [2.05, 4.69) is 0 Å². The van der Waals surface area contributed by atoms with Crippen molar-refractivity contribution in [1.29, 1.82) is 0 Å². The molecule has 0 radical (unpaired) electrons. The summed E-state index contributed by atoms with van der Waals surface area (Å²) in [5.41, 5.74) is 6.96. The van der Waals surface area contributed by atoms with Crippen LogP contribution in [0.5, 0.6) is 11.5 Å². The number of rotatable bonds is 6. The first-order chi connectivity index (χ1) is 13.5. The molecule has 1 amide bonds. The molecule has 3 rings (SSSR count). The average molecular weight is 422 g/mol. The van der Waals surface area contributed by atoms with Crippen molar-refractivity contribution in [1.82, 2.24) is 4.90 Å². The highest BCUT2D eigenvalue weighted by Gasteiger charge is 2.37. The van der Waals surface area contributed by atoms with Crippen LogP contribution in [0.4, 0.5) is 5.69 Å². The molecule has 1 aliphatic heterocycles. The van der Waals surface area contributed by atoms with Gasteiger partial charge in [-0.25, -0.2) is 0 Å². The van der Waals surface area contributed by atoms with Crippen LogP contribution in [-0.2, 0) is 0 Å². The maximum Gasteiger partial charge on any atom is 0.286 e. The lowest BCUT2D eigenvalue weighted by molar-refractivity contribution is -0.385. The second-order valence-corrected chi connectivity index (χ2v) is 6.60. The van der Waals surface area contributed by atoms with E-state index in [0.717, 1.165) is 5.56 Å². The Kier molecular flexibility index (Phi) is 7.41. The fourth-order valence-corrected chi connectivity index (χ4v) is 3.52. The van der Waals surface area contributed by atoms with Gasteiger partial charge in [0.1, 0.15) is 5.56 Å². The number of carbonyl (C=O) groups is 1. The Morgan fingerprint density at radius 3 is 2.52 bits per heavy atom. The number of methoxy groups -OCH3 is 1. The van der Waals surface area contributed by atoms with Crippen molar-refractivity contribution < 1.29 is 19.2 Å². The van der Waals surface area contributed by atoms with E-state index in [1.807, 2.05) is 30.3 Å². The maximum atomic E-state index is 13.1. The summed E-state index contributed by atoms with van der Waals surface area (Å²) in [5, 5.41) is 11.6. The van der Waals surface area contributed by atoms with E-state index in [0.29, 0.717) is 19.7 Å². The summed E-state index contributed by atoms with van der Waals surface area (Å²) >= 11 is 0. The highest BCUT2D eigenvalue weighted by atomic mass is 35.5. The Bertz CT molecular complexity index is 878. The lowest BCUT2D eigenvalue weighted by Gasteiger charge is -2.18. The molecule has 2 N–H and O–H groups in total. The molecule has 1 fully saturated rings. The zero-order valence-corrected chi connectivity index (χ0v) is 17.1. The first-order valence-electron chi connectivity index (χ1n) is 9.05. The fraction of sp³-hybridized carbons (Fsp3) is 0.350. The summed E-state index contributed by atoms with van der Waals surface area (Å²) in [6, 6.07) is 12.1. The van der Waals surface area contributed by atoms with Crippen LogP contribution < -0.4 is 15.2 Å². The lowest BCUT2D eigenvalue weighted by atomic mass is 9.95. The van der Waals surface area contributed by atoms with Crippen molar-refractivity contribution in [3.05, 3.63) is 63.7 Å². The van der Waals surface area contributed by atoms with Gasteiger partial charge in [0.2, 0.25) is 0 Å². The Morgan fingerprint density at radius 2 is 1.93 bits per heavy atom. The van der Waals surface area contributed by atoms with Crippen molar-refractivity contribution in [3.63, 3.8) is 0 Å². The molecule has 156 valence electrons. The predicted octanol–water partition coefficient (Wildman–Crippen LogP) is 2.99. The number of nitro groups is 1. The zero-order chi connectivity index (χ0) is 20.3. The summed E-state index contributed by atoms with van der Waals surface area (Å²) in [4.78, 5) is 25.6.